The zero-order chi connectivity index (χ0) is 12.7. The quantitative estimate of drug-likeness (QED) is 0.463. The molecule has 0 aliphatic carbocycles. The first kappa shape index (κ1) is 12.0. The average molecular weight is 344 g/mol. The maximum absolute atomic E-state index is 5.84. The molecule has 18 heavy (non-hydrogen) atoms. The molecule has 0 aliphatic rings. The third-order valence-corrected chi connectivity index (χ3v) is 3.25. The molecule has 0 amide bonds. The van der Waals surface area contributed by atoms with Gasteiger partial charge in [0.15, 0.2) is 5.76 Å². The van der Waals surface area contributed by atoms with Crippen molar-refractivity contribution in [1.29, 1.82) is 0 Å². The highest BCUT2D eigenvalue weighted by Crippen LogP contribution is 2.29. The van der Waals surface area contributed by atoms with Gasteiger partial charge in [-0.05, 0) is 35.9 Å². The molecular formula is C12H5BrCl2N2O. The lowest BCUT2D eigenvalue weighted by atomic mass is 10.2. The van der Waals surface area contributed by atoms with Crippen molar-refractivity contribution in [2.24, 2.45) is 0 Å². The van der Waals surface area contributed by atoms with Gasteiger partial charge in [0.25, 0.3) is 0 Å². The molecule has 90 valence electrons. The standard InChI is InChI=1S/C12H5BrCl2N2O/c13-7-1-2-9-6(3-7)4-10(18-9)8-5-11(14)17-12(15)16-8/h1-5H. The molecule has 0 radical (unpaired) electrons. The molecule has 0 atom stereocenters. The number of rotatable bonds is 1. The highest BCUT2D eigenvalue weighted by Gasteiger charge is 2.10. The number of fused-ring (bicyclic) bond motifs is 1. The Kier molecular flexibility index (Phi) is 3.01. The Morgan fingerprint density at radius 3 is 2.67 bits per heavy atom. The molecule has 0 saturated carbocycles. The summed E-state index contributed by atoms with van der Waals surface area (Å²) < 4.78 is 6.68. The van der Waals surface area contributed by atoms with E-state index in [0.29, 0.717) is 11.5 Å². The van der Waals surface area contributed by atoms with Crippen LogP contribution in [0, 0.1) is 0 Å². The maximum atomic E-state index is 5.84. The molecule has 0 bridgehead atoms. The van der Waals surface area contributed by atoms with Gasteiger partial charge >= 0.3 is 0 Å². The van der Waals surface area contributed by atoms with Gasteiger partial charge in [-0.15, -0.1) is 0 Å². The van der Waals surface area contributed by atoms with Gasteiger partial charge < -0.3 is 4.42 Å². The van der Waals surface area contributed by atoms with Crippen molar-refractivity contribution in [3.05, 3.63) is 45.2 Å². The third-order valence-electron chi connectivity index (χ3n) is 2.40. The van der Waals surface area contributed by atoms with E-state index in [4.69, 9.17) is 27.6 Å². The number of benzene rings is 1. The molecule has 3 rings (SSSR count). The molecular weight excluding hydrogens is 339 g/mol. The Balaban J connectivity index is 2.19. The molecule has 3 nitrogen and oxygen atoms in total. The molecule has 6 heteroatoms. The van der Waals surface area contributed by atoms with Crippen molar-refractivity contribution in [2.45, 2.75) is 0 Å². The van der Waals surface area contributed by atoms with E-state index in [1.807, 2.05) is 24.3 Å². The number of nitrogens with zero attached hydrogens (tertiary/aromatic N) is 2. The van der Waals surface area contributed by atoms with Gasteiger partial charge in [0.2, 0.25) is 5.28 Å². The lowest BCUT2D eigenvalue weighted by molar-refractivity contribution is 0.628. The lowest BCUT2D eigenvalue weighted by Gasteiger charge is -1.97. The number of aromatic nitrogens is 2. The second-order valence-corrected chi connectivity index (χ2v) is 5.28. The predicted octanol–water partition coefficient (Wildman–Crippen LogP) is 4.96. The van der Waals surface area contributed by atoms with Gasteiger partial charge in [-0.3, -0.25) is 0 Å². The normalized spacial score (nSPS) is 11.1. The molecule has 0 fully saturated rings. The van der Waals surface area contributed by atoms with Crippen LogP contribution in [0.15, 0.2) is 39.2 Å². The van der Waals surface area contributed by atoms with Crippen molar-refractivity contribution < 1.29 is 4.42 Å². The third kappa shape index (κ3) is 2.23. The van der Waals surface area contributed by atoms with Crippen molar-refractivity contribution in [1.82, 2.24) is 9.97 Å². The van der Waals surface area contributed by atoms with Crippen LogP contribution in [-0.2, 0) is 0 Å². The Hall–Kier alpha value is -1.10. The Morgan fingerprint density at radius 2 is 1.89 bits per heavy atom. The highest BCUT2D eigenvalue weighted by molar-refractivity contribution is 9.10. The number of hydrogen-bond acceptors (Lipinski definition) is 3. The van der Waals surface area contributed by atoms with E-state index in [1.165, 1.54) is 0 Å². The Morgan fingerprint density at radius 1 is 1.06 bits per heavy atom. The van der Waals surface area contributed by atoms with Gasteiger partial charge in [-0.2, -0.15) is 0 Å². The van der Waals surface area contributed by atoms with E-state index in [9.17, 15) is 0 Å². The predicted molar refractivity (Wildman–Crippen MR) is 75.0 cm³/mol. The fraction of sp³-hybridized carbons (Fsp3) is 0. The molecule has 0 aliphatic heterocycles. The molecule has 2 aromatic heterocycles. The summed E-state index contributed by atoms with van der Waals surface area (Å²) in [5.41, 5.74) is 1.34. The van der Waals surface area contributed by atoms with Crippen LogP contribution in [0.5, 0.6) is 0 Å². The average Bonchev–Trinajstić information content (AvgIpc) is 2.70. The molecule has 2 heterocycles. The van der Waals surface area contributed by atoms with Crippen molar-refractivity contribution in [2.75, 3.05) is 0 Å². The zero-order valence-corrected chi connectivity index (χ0v) is 11.9. The Labute approximate surface area is 121 Å². The van der Waals surface area contributed by atoms with Crippen molar-refractivity contribution >= 4 is 50.1 Å². The summed E-state index contributed by atoms with van der Waals surface area (Å²) in [7, 11) is 0. The molecule has 0 unspecified atom stereocenters. The lowest BCUT2D eigenvalue weighted by Crippen LogP contribution is -1.86. The fourth-order valence-electron chi connectivity index (χ4n) is 1.66. The number of hydrogen-bond donors (Lipinski definition) is 0. The summed E-state index contributed by atoms with van der Waals surface area (Å²) in [5.74, 6) is 0.606. The van der Waals surface area contributed by atoms with Gasteiger partial charge in [-0.1, -0.05) is 27.5 Å². The van der Waals surface area contributed by atoms with Gasteiger partial charge in [0, 0.05) is 15.9 Å². The summed E-state index contributed by atoms with van der Waals surface area (Å²) in [6.07, 6.45) is 0. The van der Waals surface area contributed by atoms with Gasteiger partial charge in [-0.25, -0.2) is 9.97 Å². The van der Waals surface area contributed by atoms with E-state index in [-0.39, 0.29) is 10.4 Å². The molecule has 0 spiro atoms. The summed E-state index contributed by atoms with van der Waals surface area (Å²) >= 11 is 15.0. The Bertz CT molecular complexity index is 722. The van der Waals surface area contributed by atoms with E-state index in [0.717, 1.165) is 15.4 Å². The summed E-state index contributed by atoms with van der Waals surface area (Å²) in [6.45, 7) is 0. The zero-order valence-electron chi connectivity index (χ0n) is 8.82. The SMILES string of the molecule is Clc1cc(-c2cc3cc(Br)ccc3o2)nc(Cl)n1. The minimum atomic E-state index is 0.0964. The first-order valence-electron chi connectivity index (χ1n) is 5.01. The minimum Gasteiger partial charge on any atom is -0.454 e. The summed E-state index contributed by atoms with van der Waals surface area (Å²) in [4.78, 5) is 7.88. The molecule has 0 saturated heterocycles. The number of furan rings is 1. The van der Waals surface area contributed by atoms with Gasteiger partial charge in [0.05, 0.1) is 0 Å². The first-order chi connectivity index (χ1) is 8.61. The maximum Gasteiger partial charge on any atom is 0.224 e. The van der Waals surface area contributed by atoms with Crippen LogP contribution in [0.1, 0.15) is 0 Å². The van der Waals surface area contributed by atoms with E-state index >= 15 is 0 Å². The van der Waals surface area contributed by atoms with Crippen LogP contribution in [0.25, 0.3) is 22.4 Å². The monoisotopic (exact) mass is 342 g/mol. The second-order valence-electron chi connectivity index (χ2n) is 3.64. The second kappa shape index (κ2) is 4.53. The fourth-order valence-corrected chi connectivity index (χ4v) is 2.44. The van der Waals surface area contributed by atoms with Crippen LogP contribution in [0.3, 0.4) is 0 Å². The van der Waals surface area contributed by atoms with Crippen LogP contribution in [-0.4, -0.2) is 9.97 Å². The largest absolute Gasteiger partial charge is 0.454 e. The topological polar surface area (TPSA) is 38.9 Å². The first-order valence-corrected chi connectivity index (χ1v) is 6.56. The molecule has 0 N–H and O–H groups in total. The summed E-state index contributed by atoms with van der Waals surface area (Å²) in [5, 5.41) is 1.36. The van der Waals surface area contributed by atoms with E-state index in [2.05, 4.69) is 25.9 Å². The van der Waals surface area contributed by atoms with Crippen molar-refractivity contribution in [3.63, 3.8) is 0 Å². The van der Waals surface area contributed by atoms with Gasteiger partial charge in [0.1, 0.15) is 16.4 Å². The van der Waals surface area contributed by atoms with E-state index < -0.39 is 0 Å². The van der Waals surface area contributed by atoms with E-state index in [1.54, 1.807) is 6.07 Å². The smallest absolute Gasteiger partial charge is 0.224 e. The van der Waals surface area contributed by atoms with Crippen LogP contribution in [0.4, 0.5) is 0 Å². The van der Waals surface area contributed by atoms with Crippen LogP contribution < -0.4 is 0 Å². The summed E-state index contributed by atoms with van der Waals surface area (Å²) in [6, 6.07) is 9.25. The van der Waals surface area contributed by atoms with Crippen LogP contribution >= 0.6 is 39.1 Å². The van der Waals surface area contributed by atoms with Crippen molar-refractivity contribution in [3.8, 4) is 11.5 Å². The molecule has 3 aromatic rings. The number of halogens is 3. The highest BCUT2D eigenvalue weighted by atomic mass is 79.9. The minimum absolute atomic E-state index is 0.0964. The van der Waals surface area contributed by atoms with Crippen LogP contribution in [0.2, 0.25) is 10.4 Å². The molecule has 1 aromatic carbocycles.